The van der Waals surface area contributed by atoms with Crippen LogP contribution < -0.4 is 11.1 Å². The van der Waals surface area contributed by atoms with E-state index in [4.69, 9.17) is 21.8 Å². The van der Waals surface area contributed by atoms with Crippen molar-refractivity contribution in [2.24, 2.45) is 17.6 Å². The van der Waals surface area contributed by atoms with Crippen LogP contribution in [0.3, 0.4) is 0 Å². The second-order valence-electron chi connectivity index (χ2n) is 7.19. The van der Waals surface area contributed by atoms with Gasteiger partial charge in [0.1, 0.15) is 0 Å². The number of oxazole rings is 1. The Morgan fingerprint density at radius 3 is 2.68 bits per heavy atom. The highest BCUT2D eigenvalue weighted by atomic mass is 35.5. The first-order chi connectivity index (χ1) is 12.1. The average molecular weight is 360 g/mol. The normalized spacial score (nSPS) is 28.6. The zero-order chi connectivity index (χ0) is 17.4. The van der Waals surface area contributed by atoms with Crippen molar-refractivity contribution in [2.45, 2.75) is 44.2 Å². The van der Waals surface area contributed by atoms with E-state index in [1.54, 1.807) is 6.07 Å². The van der Waals surface area contributed by atoms with Crippen molar-refractivity contribution >= 4 is 17.5 Å². The summed E-state index contributed by atoms with van der Waals surface area (Å²) in [6.07, 6.45) is 6.75. The molecule has 2 aromatic rings. The third-order valence-electron chi connectivity index (χ3n) is 5.58. The number of carbonyl (C=O) groups excluding carboxylic acids is 1. The summed E-state index contributed by atoms with van der Waals surface area (Å²) in [4.78, 5) is 17.0. The van der Waals surface area contributed by atoms with Crippen LogP contribution in [0.5, 0.6) is 0 Å². The minimum atomic E-state index is -0.193. The molecule has 2 saturated carbocycles. The maximum Gasteiger partial charge on any atom is 0.274 e. The lowest BCUT2D eigenvalue weighted by Gasteiger charge is -2.45. The van der Waals surface area contributed by atoms with E-state index in [9.17, 15) is 4.79 Å². The smallest absolute Gasteiger partial charge is 0.274 e. The lowest BCUT2D eigenvalue weighted by atomic mass is 9.67. The Morgan fingerprint density at radius 2 is 1.96 bits per heavy atom. The summed E-state index contributed by atoms with van der Waals surface area (Å²) in [5, 5.41) is 3.75. The molecule has 0 saturated heterocycles. The van der Waals surface area contributed by atoms with Gasteiger partial charge in [0, 0.05) is 17.6 Å². The fraction of sp³-hybridized carbons (Fsp3) is 0.474. The largest absolute Gasteiger partial charge is 0.443 e. The molecule has 5 nitrogen and oxygen atoms in total. The van der Waals surface area contributed by atoms with Crippen molar-refractivity contribution in [3.8, 4) is 11.3 Å². The molecular formula is C19H22ClN3O2. The highest BCUT2D eigenvalue weighted by Gasteiger charge is 2.40. The van der Waals surface area contributed by atoms with E-state index in [0.29, 0.717) is 33.9 Å². The molecule has 2 aliphatic rings. The van der Waals surface area contributed by atoms with E-state index >= 15 is 0 Å². The Balaban J connectivity index is 1.57. The molecule has 4 rings (SSSR count). The summed E-state index contributed by atoms with van der Waals surface area (Å²) >= 11 is 6.24. The minimum Gasteiger partial charge on any atom is -0.443 e. The number of nitrogens with zero attached hydrogens (tertiary/aromatic N) is 1. The first-order valence-electron chi connectivity index (χ1n) is 8.88. The number of hydrogen-bond acceptors (Lipinski definition) is 4. The fourth-order valence-electron chi connectivity index (χ4n) is 4.49. The third kappa shape index (κ3) is 3.18. The van der Waals surface area contributed by atoms with Crippen LogP contribution in [0.1, 0.15) is 42.6 Å². The van der Waals surface area contributed by atoms with Crippen LogP contribution in [0.15, 0.2) is 35.1 Å². The van der Waals surface area contributed by atoms with Gasteiger partial charge < -0.3 is 15.5 Å². The maximum atomic E-state index is 12.9. The number of benzene rings is 1. The third-order valence-corrected chi connectivity index (χ3v) is 5.90. The van der Waals surface area contributed by atoms with Gasteiger partial charge in [0.2, 0.25) is 0 Å². The number of hydrogen-bond donors (Lipinski definition) is 2. The minimum absolute atomic E-state index is 0.178. The zero-order valence-corrected chi connectivity index (χ0v) is 14.7. The van der Waals surface area contributed by atoms with Crippen LogP contribution in [0, 0.1) is 11.8 Å². The van der Waals surface area contributed by atoms with Crippen LogP contribution in [-0.4, -0.2) is 23.0 Å². The highest BCUT2D eigenvalue weighted by Crippen LogP contribution is 2.40. The number of halogens is 1. The lowest BCUT2D eigenvalue weighted by Crippen LogP contribution is -2.53. The number of carbonyl (C=O) groups is 1. The second kappa shape index (κ2) is 6.81. The molecule has 132 valence electrons. The van der Waals surface area contributed by atoms with E-state index in [1.807, 2.05) is 18.2 Å². The number of fused-ring (bicyclic) bond motifs is 2. The molecule has 2 unspecified atom stereocenters. The van der Waals surface area contributed by atoms with E-state index in [2.05, 4.69) is 10.3 Å². The Hall–Kier alpha value is -1.85. The van der Waals surface area contributed by atoms with Gasteiger partial charge in [-0.05, 0) is 49.7 Å². The first-order valence-corrected chi connectivity index (χ1v) is 9.26. The molecule has 1 amide bonds. The summed E-state index contributed by atoms with van der Waals surface area (Å²) in [6.45, 7) is 0. The van der Waals surface area contributed by atoms with Gasteiger partial charge in [-0.2, -0.15) is 0 Å². The van der Waals surface area contributed by atoms with Crippen molar-refractivity contribution in [2.75, 3.05) is 0 Å². The fourth-order valence-corrected chi connectivity index (χ4v) is 4.71. The molecule has 1 aromatic carbocycles. The molecule has 2 atom stereocenters. The van der Waals surface area contributed by atoms with E-state index < -0.39 is 0 Å². The number of aromatic nitrogens is 1. The number of nitrogens with one attached hydrogen (secondary N) is 1. The monoisotopic (exact) mass is 359 g/mol. The van der Waals surface area contributed by atoms with E-state index in [1.165, 1.54) is 12.8 Å². The van der Waals surface area contributed by atoms with Crippen molar-refractivity contribution in [1.29, 1.82) is 0 Å². The van der Waals surface area contributed by atoms with Crippen molar-refractivity contribution < 1.29 is 9.21 Å². The Bertz CT molecular complexity index is 762. The van der Waals surface area contributed by atoms with Gasteiger partial charge in [0.05, 0.1) is 5.02 Å². The zero-order valence-electron chi connectivity index (χ0n) is 14.0. The van der Waals surface area contributed by atoms with E-state index in [0.717, 1.165) is 25.7 Å². The van der Waals surface area contributed by atoms with Gasteiger partial charge >= 0.3 is 0 Å². The number of amides is 1. The van der Waals surface area contributed by atoms with Crippen molar-refractivity contribution in [3.05, 3.63) is 41.4 Å². The van der Waals surface area contributed by atoms with Gasteiger partial charge in [0.15, 0.2) is 17.8 Å². The van der Waals surface area contributed by atoms with Crippen molar-refractivity contribution in [3.63, 3.8) is 0 Å². The van der Waals surface area contributed by atoms with E-state index in [-0.39, 0.29) is 18.0 Å². The van der Waals surface area contributed by atoms with Gasteiger partial charge in [0.25, 0.3) is 5.91 Å². The molecule has 3 N–H and O–H groups in total. The predicted octanol–water partition coefficient (Wildman–Crippen LogP) is 3.63. The van der Waals surface area contributed by atoms with Crippen LogP contribution in [0.25, 0.3) is 11.3 Å². The quantitative estimate of drug-likeness (QED) is 0.876. The number of rotatable bonds is 3. The number of nitrogens with two attached hydrogens (primary N) is 1. The maximum absolute atomic E-state index is 12.9. The van der Waals surface area contributed by atoms with Crippen LogP contribution >= 0.6 is 11.6 Å². The topological polar surface area (TPSA) is 81.1 Å². The van der Waals surface area contributed by atoms with Gasteiger partial charge in [-0.3, -0.25) is 4.79 Å². The molecule has 0 radical (unpaired) electrons. The summed E-state index contributed by atoms with van der Waals surface area (Å²) in [5.74, 6) is 1.14. The summed E-state index contributed by atoms with van der Waals surface area (Å²) < 4.78 is 5.48. The summed E-state index contributed by atoms with van der Waals surface area (Å²) in [5.41, 5.74) is 7.15. The van der Waals surface area contributed by atoms with Crippen LogP contribution in [-0.2, 0) is 0 Å². The van der Waals surface area contributed by atoms with Gasteiger partial charge in [-0.15, -0.1) is 0 Å². The molecule has 2 bridgehead atoms. The Morgan fingerprint density at radius 1 is 1.24 bits per heavy atom. The summed E-state index contributed by atoms with van der Waals surface area (Å²) in [7, 11) is 0. The molecule has 25 heavy (non-hydrogen) atoms. The Labute approximate surface area is 151 Å². The molecule has 1 aromatic heterocycles. The average Bonchev–Trinajstić information content (AvgIpc) is 3.05. The van der Waals surface area contributed by atoms with Crippen LogP contribution in [0.4, 0.5) is 0 Å². The standard InChI is InChI=1S/C19H22ClN3O2/c20-15-7-2-1-6-14(15)18-17(22-10-25-18)19(24)23-16-11-4-3-5-12(16)9-13(21)8-11/h1-2,6-7,10-13,16H,3-5,8-9,21H2,(H,23,24). The SMILES string of the molecule is NC1CC2CCCC(C1)C2NC(=O)c1ncoc1-c1ccccc1Cl. The predicted molar refractivity (Wildman–Crippen MR) is 96.2 cm³/mol. The molecular weight excluding hydrogens is 338 g/mol. The van der Waals surface area contributed by atoms with Gasteiger partial charge in [-0.1, -0.05) is 30.2 Å². The lowest BCUT2D eigenvalue weighted by molar-refractivity contribution is 0.0752. The molecule has 2 aliphatic carbocycles. The molecule has 1 heterocycles. The molecule has 6 heteroatoms. The van der Waals surface area contributed by atoms with Crippen LogP contribution in [0.2, 0.25) is 5.02 Å². The summed E-state index contributed by atoms with van der Waals surface area (Å²) in [6, 6.07) is 7.74. The Kier molecular flexibility index (Phi) is 4.52. The molecule has 2 fully saturated rings. The molecule has 0 spiro atoms. The van der Waals surface area contributed by atoms with Gasteiger partial charge in [-0.25, -0.2) is 4.98 Å². The highest BCUT2D eigenvalue weighted by molar-refractivity contribution is 6.33. The first kappa shape index (κ1) is 16.6. The molecule has 0 aliphatic heterocycles. The second-order valence-corrected chi connectivity index (χ2v) is 7.60. The van der Waals surface area contributed by atoms with Crippen molar-refractivity contribution in [1.82, 2.24) is 10.3 Å².